The normalized spacial score (nSPS) is 9.29. The van der Waals surface area contributed by atoms with Crippen LogP contribution in [0.15, 0.2) is 0 Å². The summed E-state index contributed by atoms with van der Waals surface area (Å²) in [5.41, 5.74) is -1.77. The predicted molar refractivity (Wildman–Crippen MR) is 45.1 cm³/mol. The summed E-state index contributed by atoms with van der Waals surface area (Å²) in [6, 6.07) is 2.50. The van der Waals surface area contributed by atoms with E-state index in [4.69, 9.17) is 10.5 Å². The Kier molecular flexibility index (Phi) is 2.74. The Labute approximate surface area is 79.8 Å². The summed E-state index contributed by atoms with van der Waals surface area (Å²) < 4.78 is 38.9. The van der Waals surface area contributed by atoms with Crippen LogP contribution in [0.25, 0.3) is 0 Å². The van der Waals surface area contributed by atoms with Gasteiger partial charge in [-0.05, 0) is 0 Å². The number of hydrogen-bond acceptors (Lipinski definition) is 2. The SMILES string of the molecule is N#Cc1c(F)c(F)c(C#N)c(P)c1F. The van der Waals surface area contributed by atoms with Crippen LogP contribution < -0.4 is 5.30 Å². The quantitative estimate of drug-likeness (QED) is 0.483. The van der Waals surface area contributed by atoms with E-state index in [1.807, 2.05) is 0 Å². The summed E-state index contributed by atoms with van der Waals surface area (Å²) in [5.74, 6) is -4.36. The van der Waals surface area contributed by atoms with Gasteiger partial charge in [0.15, 0.2) is 17.5 Å². The van der Waals surface area contributed by atoms with Crippen LogP contribution in [0.5, 0.6) is 0 Å². The second-order valence-electron chi connectivity index (χ2n) is 2.33. The van der Waals surface area contributed by atoms with E-state index in [1.165, 1.54) is 12.1 Å². The summed E-state index contributed by atoms with van der Waals surface area (Å²) in [6.45, 7) is 0. The Hall–Kier alpha value is -1.58. The summed E-state index contributed by atoms with van der Waals surface area (Å²) in [4.78, 5) is 0. The van der Waals surface area contributed by atoms with Gasteiger partial charge < -0.3 is 0 Å². The molecule has 0 saturated heterocycles. The molecule has 14 heavy (non-hydrogen) atoms. The van der Waals surface area contributed by atoms with Crippen molar-refractivity contribution >= 4 is 14.5 Å². The molecule has 0 fully saturated rings. The number of rotatable bonds is 0. The molecule has 0 aliphatic carbocycles. The van der Waals surface area contributed by atoms with Gasteiger partial charge in [0.2, 0.25) is 0 Å². The van der Waals surface area contributed by atoms with Gasteiger partial charge in [-0.25, -0.2) is 13.2 Å². The third-order valence-electron chi connectivity index (χ3n) is 1.58. The monoisotopic (exact) mass is 214 g/mol. The third kappa shape index (κ3) is 1.32. The molecule has 0 amide bonds. The molecule has 0 aromatic heterocycles. The summed E-state index contributed by atoms with van der Waals surface area (Å²) in [5, 5.41) is 16.3. The highest BCUT2D eigenvalue weighted by Gasteiger charge is 2.22. The van der Waals surface area contributed by atoms with Crippen LogP contribution in [0.3, 0.4) is 0 Å². The van der Waals surface area contributed by atoms with Crippen LogP contribution >= 0.6 is 9.24 Å². The standard InChI is InChI=1S/C8H2F3N2P/c9-5-3(1-12)7(11)8(14)4(2-13)6(5)10/h14H2. The van der Waals surface area contributed by atoms with Crippen molar-refractivity contribution in [3.8, 4) is 12.1 Å². The molecule has 0 radical (unpaired) electrons. The van der Waals surface area contributed by atoms with E-state index in [0.717, 1.165) is 0 Å². The molecule has 0 saturated carbocycles. The first kappa shape index (κ1) is 10.5. The van der Waals surface area contributed by atoms with Gasteiger partial charge in [0, 0.05) is 5.30 Å². The maximum atomic E-state index is 13.1. The van der Waals surface area contributed by atoms with Crippen molar-refractivity contribution < 1.29 is 13.2 Å². The second kappa shape index (κ2) is 3.65. The van der Waals surface area contributed by atoms with Crippen LogP contribution in [0.1, 0.15) is 11.1 Å². The van der Waals surface area contributed by atoms with Gasteiger partial charge in [0.25, 0.3) is 0 Å². The zero-order valence-electron chi connectivity index (χ0n) is 6.61. The third-order valence-corrected chi connectivity index (χ3v) is 2.12. The summed E-state index contributed by atoms with van der Waals surface area (Å²) >= 11 is 0. The molecule has 0 heterocycles. The van der Waals surface area contributed by atoms with Crippen molar-refractivity contribution in [2.45, 2.75) is 0 Å². The largest absolute Gasteiger partial charge is 0.205 e. The molecule has 70 valence electrons. The molecular formula is C8H2F3N2P. The molecule has 1 rings (SSSR count). The van der Waals surface area contributed by atoms with Crippen LogP contribution in [-0.2, 0) is 0 Å². The Morgan fingerprint density at radius 1 is 0.857 bits per heavy atom. The van der Waals surface area contributed by atoms with Gasteiger partial charge in [0.05, 0.1) is 0 Å². The molecule has 0 aliphatic heterocycles. The Balaban J connectivity index is 3.77. The van der Waals surface area contributed by atoms with Crippen molar-refractivity contribution in [3.63, 3.8) is 0 Å². The van der Waals surface area contributed by atoms with Crippen LogP contribution in [0, 0.1) is 40.1 Å². The molecule has 2 nitrogen and oxygen atoms in total. The predicted octanol–water partition coefficient (Wildman–Crippen LogP) is 1.35. The van der Waals surface area contributed by atoms with Crippen molar-refractivity contribution in [1.82, 2.24) is 0 Å². The number of hydrogen-bond donors (Lipinski definition) is 0. The lowest BCUT2D eigenvalue weighted by Crippen LogP contribution is -2.13. The minimum absolute atomic E-state index is 0.442. The van der Waals surface area contributed by atoms with Gasteiger partial charge in [-0.1, -0.05) is 0 Å². The summed E-state index contributed by atoms with van der Waals surface area (Å²) in [6.07, 6.45) is 0. The lowest BCUT2D eigenvalue weighted by atomic mass is 10.1. The molecule has 0 spiro atoms. The number of benzene rings is 1. The first-order valence-electron chi connectivity index (χ1n) is 3.30. The molecule has 1 aromatic carbocycles. The topological polar surface area (TPSA) is 47.6 Å². The van der Waals surface area contributed by atoms with E-state index < -0.39 is 33.9 Å². The molecule has 0 aliphatic rings. The average Bonchev–Trinajstić information content (AvgIpc) is 2.17. The summed E-state index contributed by atoms with van der Waals surface area (Å²) in [7, 11) is 1.75. The van der Waals surface area contributed by atoms with E-state index >= 15 is 0 Å². The minimum Gasteiger partial charge on any atom is -0.205 e. The minimum atomic E-state index is -1.63. The van der Waals surface area contributed by atoms with E-state index in [1.54, 1.807) is 9.24 Å². The van der Waals surface area contributed by atoms with Gasteiger partial charge in [0.1, 0.15) is 23.3 Å². The van der Waals surface area contributed by atoms with Gasteiger partial charge in [-0.3, -0.25) is 0 Å². The smallest absolute Gasteiger partial charge is 0.180 e. The molecular weight excluding hydrogens is 212 g/mol. The maximum Gasteiger partial charge on any atom is 0.180 e. The van der Waals surface area contributed by atoms with Gasteiger partial charge in [-0.2, -0.15) is 10.5 Å². The fourth-order valence-electron chi connectivity index (χ4n) is 0.886. The number of nitrogens with zero attached hydrogens (tertiary/aromatic N) is 2. The zero-order valence-corrected chi connectivity index (χ0v) is 7.76. The average molecular weight is 214 g/mol. The zero-order chi connectivity index (χ0) is 10.9. The Morgan fingerprint density at radius 3 is 1.71 bits per heavy atom. The van der Waals surface area contributed by atoms with E-state index in [0.29, 0.717) is 0 Å². The lowest BCUT2D eigenvalue weighted by molar-refractivity contribution is 0.492. The van der Waals surface area contributed by atoms with Crippen LogP contribution in [0.2, 0.25) is 0 Å². The fraction of sp³-hybridized carbons (Fsp3) is 0. The highest BCUT2D eigenvalue weighted by Crippen LogP contribution is 2.18. The van der Waals surface area contributed by atoms with Crippen molar-refractivity contribution in [1.29, 1.82) is 10.5 Å². The highest BCUT2D eigenvalue weighted by molar-refractivity contribution is 7.27. The van der Waals surface area contributed by atoms with Gasteiger partial charge >= 0.3 is 0 Å². The Bertz CT molecular complexity index is 411. The first-order chi connectivity index (χ1) is 6.54. The van der Waals surface area contributed by atoms with Crippen LogP contribution in [-0.4, -0.2) is 0 Å². The highest BCUT2D eigenvalue weighted by atomic mass is 31.0. The molecule has 1 aromatic rings. The molecule has 1 unspecified atom stereocenters. The number of halogens is 3. The van der Waals surface area contributed by atoms with Crippen molar-refractivity contribution in [2.24, 2.45) is 0 Å². The molecule has 0 N–H and O–H groups in total. The van der Waals surface area contributed by atoms with Crippen molar-refractivity contribution in [2.75, 3.05) is 0 Å². The Morgan fingerprint density at radius 2 is 1.29 bits per heavy atom. The van der Waals surface area contributed by atoms with Crippen LogP contribution in [0.4, 0.5) is 13.2 Å². The molecule has 1 atom stereocenters. The van der Waals surface area contributed by atoms with E-state index in [9.17, 15) is 13.2 Å². The molecule has 6 heteroatoms. The maximum absolute atomic E-state index is 13.1. The van der Waals surface area contributed by atoms with Crippen molar-refractivity contribution in [3.05, 3.63) is 28.6 Å². The van der Waals surface area contributed by atoms with E-state index in [-0.39, 0.29) is 0 Å². The van der Waals surface area contributed by atoms with E-state index in [2.05, 4.69) is 0 Å². The van der Waals surface area contributed by atoms with Gasteiger partial charge in [-0.15, -0.1) is 9.24 Å². The number of nitriles is 2. The lowest BCUT2D eigenvalue weighted by Gasteiger charge is -2.03. The fourth-order valence-corrected chi connectivity index (χ4v) is 1.22. The molecule has 0 bridgehead atoms. The second-order valence-corrected chi connectivity index (χ2v) is 2.91. The first-order valence-corrected chi connectivity index (χ1v) is 3.88.